The molecule has 0 nitrogen and oxygen atoms in total. The molecule has 0 saturated carbocycles. The quantitative estimate of drug-likeness (QED) is 0.489. The van der Waals surface area contributed by atoms with Crippen molar-refractivity contribution in [1.82, 2.24) is 0 Å². The molecular weight excluding hydrogens is 168 g/mol. The Kier molecular flexibility index (Phi) is 6.74. The second kappa shape index (κ2) is 8.55. The van der Waals surface area contributed by atoms with Gasteiger partial charge in [-0.25, -0.2) is 0 Å². The van der Waals surface area contributed by atoms with Crippen LogP contribution in [0, 0.1) is 0 Å². The Morgan fingerprint density at radius 3 is 2.07 bits per heavy atom. The second-order valence-corrected chi connectivity index (χ2v) is 3.59. The van der Waals surface area contributed by atoms with Crippen molar-refractivity contribution < 1.29 is 0 Å². The summed E-state index contributed by atoms with van der Waals surface area (Å²) in [6, 6.07) is 0. The van der Waals surface area contributed by atoms with Crippen LogP contribution in [-0.4, -0.2) is 0 Å². The lowest BCUT2D eigenvalue weighted by Crippen LogP contribution is -1.75. The van der Waals surface area contributed by atoms with E-state index in [1.807, 2.05) is 0 Å². The lowest BCUT2D eigenvalue weighted by atomic mass is 10.1. The molecule has 0 heteroatoms. The molecule has 76 valence electrons. The normalized spacial score (nSPS) is 28.6. The summed E-state index contributed by atoms with van der Waals surface area (Å²) in [5.41, 5.74) is 0. The summed E-state index contributed by atoms with van der Waals surface area (Å²) in [6.07, 6.45) is 25.0. The third-order valence-corrected chi connectivity index (χ3v) is 2.29. The predicted octanol–water partition coefficient (Wildman–Crippen LogP) is 4.57. The highest BCUT2D eigenvalue weighted by molar-refractivity contribution is 5.11. The average molecular weight is 188 g/mol. The summed E-state index contributed by atoms with van der Waals surface area (Å²) in [6.45, 7) is 0. The van der Waals surface area contributed by atoms with Gasteiger partial charge in [0.15, 0.2) is 0 Å². The maximum Gasteiger partial charge on any atom is -0.0166 e. The summed E-state index contributed by atoms with van der Waals surface area (Å²) in [5, 5.41) is 0. The fourth-order valence-corrected chi connectivity index (χ4v) is 1.45. The largest absolute Gasteiger partial charge is 0.0882 e. The molecule has 0 unspecified atom stereocenters. The highest BCUT2D eigenvalue weighted by atomic mass is 13.9. The second-order valence-electron chi connectivity index (χ2n) is 3.59. The van der Waals surface area contributed by atoms with E-state index in [2.05, 4.69) is 48.6 Å². The highest BCUT2D eigenvalue weighted by Gasteiger charge is 1.85. The average Bonchev–Trinajstić information content (AvgIpc) is 2.22. The maximum absolute atomic E-state index is 2.30. The van der Waals surface area contributed by atoms with Crippen molar-refractivity contribution >= 4 is 0 Å². The van der Waals surface area contributed by atoms with Gasteiger partial charge >= 0.3 is 0 Å². The lowest BCUT2D eigenvalue weighted by Gasteiger charge is -1.95. The molecule has 0 atom stereocenters. The lowest BCUT2D eigenvalue weighted by molar-refractivity contribution is 0.695. The van der Waals surface area contributed by atoms with Gasteiger partial charge in [-0.05, 0) is 32.1 Å². The molecular formula is C14H20. The molecule has 0 N–H and O–H groups in total. The summed E-state index contributed by atoms with van der Waals surface area (Å²) >= 11 is 0. The Morgan fingerprint density at radius 1 is 0.500 bits per heavy atom. The van der Waals surface area contributed by atoms with Gasteiger partial charge in [-0.1, -0.05) is 55.0 Å². The highest BCUT2D eigenvalue weighted by Crippen LogP contribution is 2.05. The first-order valence-electron chi connectivity index (χ1n) is 5.63. The van der Waals surface area contributed by atoms with Gasteiger partial charge < -0.3 is 0 Å². The van der Waals surface area contributed by atoms with Crippen molar-refractivity contribution in [3.63, 3.8) is 0 Å². The van der Waals surface area contributed by atoms with Crippen LogP contribution in [0.2, 0.25) is 0 Å². The van der Waals surface area contributed by atoms with E-state index in [1.54, 1.807) is 0 Å². The van der Waals surface area contributed by atoms with E-state index in [4.69, 9.17) is 0 Å². The SMILES string of the molecule is C1=C\C=C\CCCCC/C=C/C/C=C/1. The summed E-state index contributed by atoms with van der Waals surface area (Å²) in [4.78, 5) is 0. The fourth-order valence-electron chi connectivity index (χ4n) is 1.45. The zero-order valence-corrected chi connectivity index (χ0v) is 8.86. The Morgan fingerprint density at radius 2 is 1.21 bits per heavy atom. The smallest absolute Gasteiger partial charge is 0.0166 e. The standard InChI is InChI=1S/C14H20/c1-2-4-6-8-10-12-14-13-11-9-7-5-3-1/h1-6,9,11H,7-8,10,12-14H2/b2-1-,5-3+,6-4+,11-9+. The van der Waals surface area contributed by atoms with Crippen LogP contribution in [0.15, 0.2) is 48.6 Å². The van der Waals surface area contributed by atoms with E-state index in [-0.39, 0.29) is 0 Å². The molecule has 0 radical (unpaired) electrons. The topological polar surface area (TPSA) is 0 Å². The van der Waals surface area contributed by atoms with Crippen molar-refractivity contribution in [2.75, 3.05) is 0 Å². The van der Waals surface area contributed by atoms with E-state index < -0.39 is 0 Å². The van der Waals surface area contributed by atoms with Crippen LogP contribution in [0.1, 0.15) is 38.5 Å². The molecule has 0 bridgehead atoms. The molecule has 0 aromatic heterocycles. The van der Waals surface area contributed by atoms with Gasteiger partial charge in [-0.3, -0.25) is 0 Å². The van der Waals surface area contributed by atoms with E-state index in [9.17, 15) is 0 Å². The van der Waals surface area contributed by atoms with Crippen LogP contribution < -0.4 is 0 Å². The van der Waals surface area contributed by atoms with E-state index in [1.165, 1.54) is 32.1 Å². The van der Waals surface area contributed by atoms with Gasteiger partial charge in [0.1, 0.15) is 0 Å². The number of rotatable bonds is 0. The first-order chi connectivity index (χ1) is 7.00. The molecule has 0 aromatic carbocycles. The molecule has 0 saturated heterocycles. The number of hydrogen-bond acceptors (Lipinski definition) is 0. The third kappa shape index (κ3) is 6.47. The first-order valence-corrected chi connectivity index (χ1v) is 5.63. The molecule has 1 rings (SSSR count). The molecule has 0 fully saturated rings. The minimum absolute atomic E-state index is 1.06. The summed E-state index contributed by atoms with van der Waals surface area (Å²) in [5.74, 6) is 0. The van der Waals surface area contributed by atoms with Crippen molar-refractivity contribution in [2.45, 2.75) is 38.5 Å². The van der Waals surface area contributed by atoms with Gasteiger partial charge in [-0.15, -0.1) is 0 Å². The Balaban J connectivity index is 2.36. The van der Waals surface area contributed by atoms with Gasteiger partial charge in [0, 0.05) is 0 Å². The number of allylic oxidation sites excluding steroid dienone is 8. The minimum atomic E-state index is 1.06. The van der Waals surface area contributed by atoms with Crippen LogP contribution in [0.3, 0.4) is 0 Å². The van der Waals surface area contributed by atoms with Crippen LogP contribution in [0.5, 0.6) is 0 Å². The molecule has 1 aliphatic carbocycles. The van der Waals surface area contributed by atoms with Crippen molar-refractivity contribution in [3.05, 3.63) is 48.6 Å². The minimum Gasteiger partial charge on any atom is -0.0882 e. The van der Waals surface area contributed by atoms with Crippen molar-refractivity contribution in [1.29, 1.82) is 0 Å². The molecule has 0 amide bonds. The molecule has 0 aromatic rings. The monoisotopic (exact) mass is 188 g/mol. The maximum atomic E-state index is 2.30. The van der Waals surface area contributed by atoms with Gasteiger partial charge in [0.25, 0.3) is 0 Å². The first kappa shape index (κ1) is 11.0. The third-order valence-electron chi connectivity index (χ3n) is 2.29. The zero-order chi connectivity index (χ0) is 9.90. The van der Waals surface area contributed by atoms with Gasteiger partial charge in [0.2, 0.25) is 0 Å². The van der Waals surface area contributed by atoms with E-state index in [0.717, 1.165) is 6.42 Å². The van der Waals surface area contributed by atoms with Gasteiger partial charge in [-0.2, -0.15) is 0 Å². The van der Waals surface area contributed by atoms with Crippen molar-refractivity contribution in [2.24, 2.45) is 0 Å². The molecule has 14 heavy (non-hydrogen) atoms. The van der Waals surface area contributed by atoms with Crippen molar-refractivity contribution in [3.8, 4) is 0 Å². The molecule has 0 aliphatic heterocycles. The molecule has 0 spiro atoms. The molecule has 1 aliphatic rings. The molecule has 0 heterocycles. The fraction of sp³-hybridized carbons (Fsp3) is 0.429. The number of hydrogen-bond donors (Lipinski definition) is 0. The predicted molar refractivity (Wildman–Crippen MR) is 64.3 cm³/mol. The summed E-state index contributed by atoms with van der Waals surface area (Å²) in [7, 11) is 0. The Hall–Kier alpha value is -1.04. The van der Waals surface area contributed by atoms with Crippen LogP contribution in [-0.2, 0) is 0 Å². The zero-order valence-electron chi connectivity index (χ0n) is 8.86. The van der Waals surface area contributed by atoms with E-state index >= 15 is 0 Å². The van der Waals surface area contributed by atoms with Crippen LogP contribution >= 0.6 is 0 Å². The van der Waals surface area contributed by atoms with Crippen LogP contribution in [0.4, 0.5) is 0 Å². The van der Waals surface area contributed by atoms with Gasteiger partial charge in [0.05, 0.1) is 0 Å². The Labute approximate surface area is 87.7 Å². The van der Waals surface area contributed by atoms with Crippen LogP contribution in [0.25, 0.3) is 0 Å². The Bertz CT molecular complexity index is 228. The van der Waals surface area contributed by atoms with E-state index in [0.29, 0.717) is 0 Å². The summed E-state index contributed by atoms with van der Waals surface area (Å²) < 4.78 is 0.